The summed E-state index contributed by atoms with van der Waals surface area (Å²) in [6.07, 6.45) is 6.74. The Balaban J connectivity index is 1.44. The molecule has 0 bridgehead atoms. The predicted octanol–water partition coefficient (Wildman–Crippen LogP) is 6.63. The molecule has 3 aliphatic rings. The van der Waals surface area contributed by atoms with Crippen molar-refractivity contribution in [2.45, 2.75) is 38.9 Å². The molecule has 4 aromatic carbocycles. The van der Waals surface area contributed by atoms with Crippen molar-refractivity contribution in [3.05, 3.63) is 100 Å². The van der Waals surface area contributed by atoms with Gasteiger partial charge in [-0.3, -0.25) is 0 Å². The minimum absolute atomic E-state index is 0.0814. The fourth-order valence-electron chi connectivity index (χ4n) is 6.13. The van der Waals surface area contributed by atoms with Gasteiger partial charge in [-0.1, -0.05) is 48.0 Å². The third-order valence-electron chi connectivity index (χ3n) is 8.27. The fraction of sp³-hybridized carbons (Fsp3) is 0.273. The lowest BCUT2D eigenvalue weighted by atomic mass is 9.82. The Kier molecular flexibility index (Phi) is 5.38. The maximum Gasteiger partial charge on any atom is 0.231 e. The third kappa shape index (κ3) is 3.49. The van der Waals surface area contributed by atoms with Gasteiger partial charge in [-0.15, -0.1) is 0 Å². The maximum atomic E-state index is 10.3. The standard InChI is InChI=1S/C33H31NO4/c1-21-5-7-24(8-6-21)33(25-9-11-26(12-10-25)34-15-3-4-16-34)14-13-27-23(19-35)17-28-22(2)31-30(36-20-37-31)18-29(28)32(27)38-33/h5-14,17-18,35H,3-4,15-16,19-20H2,1-2H3. The first-order valence-corrected chi connectivity index (χ1v) is 13.4. The predicted molar refractivity (Wildman–Crippen MR) is 150 cm³/mol. The number of rotatable bonds is 4. The summed E-state index contributed by atoms with van der Waals surface area (Å²) in [5.41, 5.74) is 6.45. The van der Waals surface area contributed by atoms with Crippen LogP contribution < -0.4 is 19.1 Å². The van der Waals surface area contributed by atoms with E-state index in [-0.39, 0.29) is 13.4 Å². The van der Waals surface area contributed by atoms with Gasteiger partial charge in [0.15, 0.2) is 17.1 Å². The van der Waals surface area contributed by atoms with E-state index in [4.69, 9.17) is 14.2 Å². The van der Waals surface area contributed by atoms with E-state index in [1.807, 2.05) is 19.1 Å². The molecule has 0 aromatic heterocycles. The number of fused-ring (bicyclic) bond motifs is 4. The van der Waals surface area contributed by atoms with E-state index < -0.39 is 5.60 Å². The molecular weight excluding hydrogens is 474 g/mol. The number of anilines is 1. The Bertz CT molecular complexity index is 1570. The molecular formula is C33H31NO4. The topological polar surface area (TPSA) is 51.2 Å². The van der Waals surface area contributed by atoms with Gasteiger partial charge in [0.25, 0.3) is 0 Å². The molecule has 4 aromatic rings. The average molecular weight is 506 g/mol. The molecule has 1 fully saturated rings. The van der Waals surface area contributed by atoms with Crippen LogP contribution in [-0.4, -0.2) is 25.0 Å². The Morgan fingerprint density at radius 3 is 2.26 bits per heavy atom. The van der Waals surface area contributed by atoms with Crippen molar-refractivity contribution in [3.63, 3.8) is 0 Å². The molecule has 0 radical (unpaired) electrons. The van der Waals surface area contributed by atoms with Crippen LogP contribution in [0.2, 0.25) is 0 Å². The zero-order chi connectivity index (χ0) is 25.9. The number of ether oxygens (including phenoxy) is 3. The summed E-state index contributed by atoms with van der Waals surface area (Å²) >= 11 is 0. The Labute approximate surface area is 222 Å². The molecule has 0 aliphatic carbocycles. The van der Waals surface area contributed by atoms with Gasteiger partial charge in [0.1, 0.15) is 5.75 Å². The Morgan fingerprint density at radius 1 is 0.842 bits per heavy atom. The zero-order valence-electron chi connectivity index (χ0n) is 21.8. The highest BCUT2D eigenvalue weighted by Crippen LogP contribution is 2.50. The van der Waals surface area contributed by atoms with Crippen molar-refractivity contribution in [2.75, 3.05) is 24.8 Å². The number of aliphatic hydroxyl groups is 1. The van der Waals surface area contributed by atoms with Gasteiger partial charge in [-0.2, -0.15) is 0 Å². The highest BCUT2D eigenvalue weighted by Gasteiger charge is 2.39. The minimum atomic E-state index is -0.824. The molecule has 3 heterocycles. The van der Waals surface area contributed by atoms with Crippen molar-refractivity contribution in [3.8, 4) is 17.2 Å². The first-order chi connectivity index (χ1) is 18.6. The van der Waals surface area contributed by atoms with Crippen LogP contribution in [0.1, 0.15) is 46.2 Å². The van der Waals surface area contributed by atoms with E-state index >= 15 is 0 Å². The fourth-order valence-corrected chi connectivity index (χ4v) is 6.13. The van der Waals surface area contributed by atoms with Crippen LogP contribution in [-0.2, 0) is 12.2 Å². The number of nitrogens with zero attached hydrogens (tertiary/aromatic N) is 1. The SMILES string of the molecule is Cc1ccc(C2(c3ccc(N4CCCC4)cc3)C=Cc3c(CO)cc4c(C)c5c(cc4c3O2)OCO5)cc1. The van der Waals surface area contributed by atoms with Crippen LogP contribution in [0.5, 0.6) is 17.2 Å². The average Bonchev–Trinajstić information content (AvgIpc) is 3.66. The Morgan fingerprint density at radius 2 is 1.55 bits per heavy atom. The largest absolute Gasteiger partial charge is 0.472 e. The van der Waals surface area contributed by atoms with Crippen molar-refractivity contribution in [2.24, 2.45) is 0 Å². The Hall–Kier alpha value is -3.96. The summed E-state index contributed by atoms with van der Waals surface area (Å²) < 4.78 is 18.7. The molecule has 192 valence electrons. The molecule has 7 rings (SSSR count). The smallest absolute Gasteiger partial charge is 0.231 e. The van der Waals surface area contributed by atoms with Crippen LogP contribution in [0.15, 0.2) is 66.7 Å². The van der Waals surface area contributed by atoms with Crippen LogP contribution >= 0.6 is 0 Å². The van der Waals surface area contributed by atoms with Crippen LogP contribution in [0.4, 0.5) is 5.69 Å². The number of hydrogen-bond acceptors (Lipinski definition) is 5. The molecule has 0 spiro atoms. The third-order valence-corrected chi connectivity index (χ3v) is 8.27. The zero-order valence-corrected chi connectivity index (χ0v) is 21.8. The molecule has 5 nitrogen and oxygen atoms in total. The summed E-state index contributed by atoms with van der Waals surface area (Å²) in [6, 6.07) is 21.4. The van der Waals surface area contributed by atoms with E-state index in [2.05, 4.69) is 72.5 Å². The quantitative estimate of drug-likeness (QED) is 0.338. The molecule has 1 saturated heterocycles. The van der Waals surface area contributed by atoms with Crippen molar-refractivity contribution >= 4 is 22.5 Å². The van der Waals surface area contributed by atoms with Gasteiger partial charge < -0.3 is 24.2 Å². The van der Waals surface area contributed by atoms with E-state index in [0.717, 1.165) is 68.9 Å². The summed E-state index contributed by atoms with van der Waals surface area (Å²) in [6.45, 7) is 6.48. The summed E-state index contributed by atoms with van der Waals surface area (Å²) in [4.78, 5) is 2.45. The lowest BCUT2D eigenvalue weighted by molar-refractivity contribution is 0.162. The molecule has 1 N–H and O–H groups in total. The van der Waals surface area contributed by atoms with Gasteiger partial charge in [0.2, 0.25) is 6.79 Å². The first kappa shape index (κ1) is 23.2. The van der Waals surface area contributed by atoms with Crippen molar-refractivity contribution in [1.29, 1.82) is 0 Å². The summed E-state index contributed by atoms with van der Waals surface area (Å²) in [5.74, 6) is 2.23. The van der Waals surface area contributed by atoms with E-state index in [0.29, 0.717) is 0 Å². The van der Waals surface area contributed by atoms with Gasteiger partial charge in [-0.25, -0.2) is 0 Å². The summed E-state index contributed by atoms with van der Waals surface area (Å²) in [5, 5.41) is 12.3. The second-order valence-electron chi connectivity index (χ2n) is 10.5. The number of aryl methyl sites for hydroxylation is 2. The molecule has 1 atom stereocenters. The van der Waals surface area contributed by atoms with Crippen molar-refractivity contribution in [1.82, 2.24) is 0 Å². The normalized spacial score (nSPS) is 19.6. The second-order valence-corrected chi connectivity index (χ2v) is 10.5. The van der Waals surface area contributed by atoms with E-state index in [9.17, 15) is 5.11 Å². The van der Waals surface area contributed by atoms with Crippen LogP contribution in [0.3, 0.4) is 0 Å². The van der Waals surface area contributed by atoms with Crippen LogP contribution in [0, 0.1) is 13.8 Å². The van der Waals surface area contributed by atoms with E-state index in [1.165, 1.54) is 24.1 Å². The molecule has 38 heavy (non-hydrogen) atoms. The summed E-state index contributed by atoms with van der Waals surface area (Å²) in [7, 11) is 0. The number of hydrogen-bond donors (Lipinski definition) is 1. The van der Waals surface area contributed by atoms with Gasteiger partial charge in [-0.05, 0) is 68.0 Å². The monoisotopic (exact) mass is 505 g/mol. The van der Waals surface area contributed by atoms with Gasteiger partial charge in [0, 0.05) is 46.4 Å². The molecule has 0 amide bonds. The van der Waals surface area contributed by atoms with Crippen molar-refractivity contribution < 1.29 is 19.3 Å². The number of benzene rings is 4. The van der Waals surface area contributed by atoms with Gasteiger partial charge in [0.05, 0.1) is 6.61 Å². The molecule has 3 aliphatic heterocycles. The lowest BCUT2D eigenvalue weighted by Gasteiger charge is -2.37. The highest BCUT2D eigenvalue weighted by molar-refractivity contribution is 5.98. The highest BCUT2D eigenvalue weighted by atomic mass is 16.7. The number of aliphatic hydroxyl groups excluding tert-OH is 1. The lowest BCUT2D eigenvalue weighted by Crippen LogP contribution is -2.34. The molecule has 1 unspecified atom stereocenters. The maximum absolute atomic E-state index is 10.3. The second kappa shape index (κ2) is 8.81. The van der Waals surface area contributed by atoms with E-state index in [1.54, 1.807) is 0 Å². The molecule has 0 saturated carbocycles. The minimum Gasteiger partial charge on any atom is -0.472 e. The first-order valence-electron chi connectivity index (χ1n) is 13.4. The van der Waals surface area contributed by atoms with Crippen LogP contribution in [0.25, 0.3) is 16.8 Å². The molecule has 5 heteroatoms. The van der Waals surface area contributed by atoms with Gasteiger partial charge >= 0.3 is 0 Å².